The summed E-state index contributed by atoms with van der Waals surface area (Å²) in [7, 11) is 1.61. The van der Waals surface area contributed by atoms with Gasteiger partial charge in [0.2, 0.25) is 5.91 Å². The summed E-state index contributed by atoms with van der Waals surface area (Å²) in [6, 6.07) is 16.5. The molecule has 2 aliphatic heterocycles. The van der Waals surface area contributed by atoms with E-state index in [1.807, 2.05) is 73.7 Å². The third-order valence-electron chi connectivity index (χ3n) is 5.59. The maximum Gasteiger partial charge on any atom is 0.338 e. The zero-order chi connectivity index (χ0) is 23.4. The molecule has 0 aromatic heterocycles. The molecule has 0 bridgehead atoms. The van der Waals surface area contributed by atoms with Crippen LogP contribution in [0.2, 0.25) is 0 Å². The molecule has 6 nitrogen and oxygen atoms in total. The molecule has 2 aromatic carbocycles. The Morgan fingerprint density at radius 1 is 1.15 bits per heavy atom. The van der Waals surface area contributed by atoms with Crippen LogP contribution in [0.5, 0.6) is 5.75 Å². The van der Waals surface area contributed by atoms with Crippen molar-refractivity contribution in [2.45, 2.75) is 38.2 Å². The Morgan fingerprint density at radius 2 is 1.88 bits per heavy atom. The average Bonchev–Trinajstić information content (AvgIpc) is 3.16. The van der Waals surface area contributed by atoms with Gasteiger partial charge in [-0.15, -0.1) is 0 Å². The van der Waals surface area contributed by atoms with Gasteiger partial charge in [-0.25, -0.2) is 9.79 Å². The average molecular weight is 463 g/mol. The normalized spacial score (nSPS) is 20.2. The molecule has 7 heteroatoms. The molecule has 2 aromatic rings. The largest absolute Gasteiger partial charge is 0.496 e. The van der Waals surface area contributed by atoms with E-state index >= 15 is 0 Å². The van der Waals surface area contributed by atoms with E-state index in [0.717, 1.165) is 11.1 Å². The second-order valence-corrected chi connectivity index (χ2v) is 8.89. The van der Waals surface area contributed by atoms with Gasteiger partial charge in [0.1, 0.15) is 12.4 Å². The predicted octanol–water partition coefficient (Wildman–Crippen LogP) is 4.82. The molecule has 0 spiro atoms. The summed E-state index contributed by atoms with van der Waals surface area (Å²) in [6.45, 7) is 3.91. The second-order valence-electron chi connectivity index (χ2n) is 7.72. The van der Waals surface area contributed by atoms with Gasteiger partial charge in [-0.05, 0) is 25.0 Å². The third-order valence-corrected chi connectivity index (χ3v) is 6.91. The van der Waals surface area contributed by atoms with E-state index in [9.17, 15) is 9.59 Å². The summed E-state index contributed by atoms with van der Waals surface area (Å²) in [5.74, 6) is 0.185. The fourth-order valence-electron chi connectivity index (χ4n) is 3.88. The number of para-hydroxylation sites is 1. The van der Waals surface area contributed by atoms with E-state index in [0.29, 0.717) is 28.6 Å². The zero-order valence-corrected chi connectivity index (χ0v) is 19.7. The van der Waals surface area contributed by atoms with Crippen molar-refractivity contribution >= 4 is 34.9 Å². The molecule has 0 saturated carbocycles. The SMILES string of the molecule is CCC1SC2=NC(C)=C(C(=O)OCc3ccccc3)C(/C=C/c3ccccc3OC)N2C1=O. The van der Waals surface area contributed by atoms with Crippen LogP contribution in [-0.2, 0) is 20.9 Å². The maximum absolute atomic E-state index is 13.2. The number of benzene rings is 2. The van der Waals surface area contributed by atoms with Crippen molar-refractivity contribution < 1.29 is 19.1 Å². The van der Waals surface area contributed by atoms with Crippen LogP contribution >= 0.6 is 11.8 Å². The van der Waals surface area contributed by atoms with E-state index in [4.69, 9.17) is 9.47 Å². The maximum atomic E-state index is 13.2. The standard InChI is InChI=1S/C26H26N2O4S/c1-4-22-24(29)28-20(15-14-19-12-8-9-13-21(19)31-3)23(17(2)27-26(28)33-22)25(30)32-16-18-10-6-5-7-11-18/h5-15,20,22H,4,16H2,1-3H3/b15-14+. The summed E-state index contributed by atoms with van der Waals surface area (Å²) in [5, 5.41) is 0.414. The Balaban J connectivity index is 1.68. The van der Waals surface area contributed by atoms with Gasteiger partial charge in [0, 0.05) is 5.56 Å². The van der Waals surface area contributed by atoms with Crippen LogP contribution < -0.4 is 4.74 Å². The van der Waals surface area contributed by atoms with Gasteiger partial charge >= 0.3 is 5.97 Å². The number of hydrogen-bond donors (Lipinski definition) is 0. The lowest BCUT2D eigenvalue weighted by Gasteiger charge is -2.30. The first-order valence-corrected chi connectivity index (χ1v) is 11.7. The molecule has 2 heterocycles. The van der Waals surface area contributed by atoms with Gasteiger partial charge in [0.05, 0.1) is 29.7 Å². The lowest BCUT2D eigenvalue weighted by Crippen LogP contribution is -2.45. The number of allylic oxidation sites excluding steroid dienone is 1. The minimum atomic E-state index is -0.609. The van der Waals surface area contributed by atoms with Gasteiger partial charge in [-0.1, -0.05) is 79.4 Å². The number of fused-ring (bicyclic) bond motifs is 1. The number of carbonyl (C=O) groups is 2. The minimum Gasteiger partial charge on any atom is -0.496 e. The van der Waals surface area contributed by atoms with Crippen molar-refractivity contribution in [3.05, 3.63) is 83.1 Å². The molecule has 1 saturated heterocycles. The van der Waals surface area contributed by atoms with Gasteiger partial charge in [-0.2, -0.15) is 0 Å². The molecule has 0 radical (unpaired) electrons. The van der Waals surface area contributed by atoms with Crippen LogP contribution in [-0.4, -0.2) is 40.3 Å². The highest BCUT2D eigenvalue weighted by Gasteiger charge is 2.45. The van der Waals surface area contributed by atoms with Crippen LogP contribution in [0.4, 0.5) is 0 Å². The number of amidine groups is 1. The van der Waals surface area contributed by atoms with Crippen LogP contribution in [0, 0.1) is 0 Å². The highest BCUT2D eigenvalue weighted by atomic mass is 32.2. The fourth-order valence-corrected chi connectivity index (χ4v) is 5.02. The number of methoxy groups -OCH3 is 1. The molecule has 170 valence electrons. The summed E-state index contributed by atoms with van der Waals surface area (Å²) < 4.78 is 11.1. The quantitative estimate of drug-likeness (QED) is 0.552. The summed E-state index contributed by atoms with van der Waals surface area (Å²) in [5.41, 5.74) is 2.67. The molecule has 2 aliphatic rings. The highest BCUT2D eigenvalue weighted by Crippen LogP contribution is 2.38. The van der Waals surface area contributed by atoms with Crippen LogP contribution in [0.15, 0.2) is 76.9 Å². The number of ether oxygens (including phenoxy) is 2. The molecule has 2 atom stereocenters. The van der Waals surface area contributed by atoms with E-state index in [1.165, 1.54) is 11.8 Å². The van der Waals surface area contributed by atoms with Crippen LogP contribution in [0.3, 0.4) is 0 Å². The second kappa shape index (κ2) is 10.1. The molecule has 33 heavy (non-hydrogen) atoms. The molecule has 0 aliphatic carbocycles. The number of esters is 1. The van der Waals surface area contributed by atoms with Crippen molar-refractivity contribution in [3.63, 3.8) is 0 Å². The Labute approximate surface area is 198 Å². The lowest BCUT2D eigenvalue weighted by atomic mass is 10.00. The molecular weight excluding hydrogens is 436 g/mol. The molecular formula is C26H26N2O4S. The van der Waals surface area contributed by atoms with E-state index in [2.05, 4.69) is 4.99 Å². The predicted molar refractivity (Wildman–Crippen MR) is 131 cm³/mol. The van der Waals surface area contributed by atoms with E-state index in [1.54, 1.807) is 18.9 Å². The number of aliphatic imine (C=N–C) groups is 1. The first-order chi connectivity index (χ1) is 16.0. The van der Waals surface area contributed by atoms with E-state index < -0.39 is 12.0 Å². The van der Waals surface area contributed by atoms with Gasteiger partial charge in [-0.3, -0.25) is 9.69 Å². The van der Waals surface area contributed by atoms with E-state index in [-0.39, 0.29) is 17.8 Å². The minimum absolute atomic E-state index is 0.0446. The molecule has 4 rings (SSSR count). The first-order valence-electron chi connectivity index (χ1n) is 10.8. The number of hydrogen-bond acceptors (Lipinski definition) is 6. The zero-order valence-electron chi connectivity index (χ0n) is 18.9. The van der Waals surface area contributed by atoms with Crippen LogP contribution in [0.1, 0.15) is 31.4 Å². The third kappa shape index (κ3) is 4.73. The summed E-state index contributed by atoms with van der Waals surface area (Å²) in [4.78, 5) is 32.6. The highest BCUT2D eigenvalue weighted by molar-refractivity contribution is 8.15. The monoisotopic (exact) mass is 462 g/mol. The Kier molecular flexibility index (Phi) is 6.99. The van der Waals surface area contributed by atoms with Crippen molar-refractivity contribution in [2.24, 2.45) is 4.99 Å². The molecule has 1 fully saturated rings. The van der Waals surface area contributed by atoms with Crippen molar-refractivity contribution in [1.82, 2.24) is 4.90 Å². The van der Waals surface area contributed by atoms with Crippen LogP contribution in [0.25, 0.3) is 6.08 Å². The fraction of sp³-hybridized carbons (Fsp3) is 0.269. The number of thioether (sulfide) groups is 1. The topological polar surface area (TPSA) is 68.2 Å². The Morgan fingerprint density at radius 3 is 2.61 bits per heavy atom. The van der Waals surface area contributed by atoms with Gasteiger partial charge < -0.3 is 9.47 Å². The number of amides is 1. The van der Waals surface area contributed by atoms with Crippen molar-refractivity contribution in [2.75, 3.05) is 7.11 Å². The molecule has 1 amide bonds. The van der Waals surface area contributed by atoms with Gasteiger partial charge in [0.15, 0.2) is 5.17 Å². The number of carbonyl (C=O) groups excluding carboxylic acids is 2. The smallest absolute Gasteiger partial charge is 0.338 e. The van der Waals surface area contributed by atoms with Gasteiger partial charge in [0.25, 0.3) is 0 Å². The van der Waals surface area contributed by atoms with Crippen molar-refractivity contribution in [3.8, 4) is 5.75 Å². The summed E-state index contributed by atoms with van der Waals surface area (Å²) >= 11 is 1.45. The molecule has 2 unspecified atom stereocenters. The number of rotatable bonds is 7. The molecule has 0 N–H and O–H groups in total. The first kappa shape index (κ1) is 22.9. The Bertz CT molecular complexity index is 1140. The Hall–Kier alpha value is -3.32. The lowest BCUT2D eigenvalue weighted by molar-refractivity contribution is -0.141. The van der Waals surface area contributed by atoms with Crippen molar-refractivity contribution in [1.29, 1.82) is 0 Å². The number of nitrogens with zero attached hydrogens (tertiary/aromatic N) is 2. The summed E-state index contributed by atoms with van der Waals surface area (Å²) in [6.07, 6.45) is 4.42.